The van der Waals surface area contributed by atoms with Gasteiger partial charge < -0.3 is 4.90 Å². The van der Waals surface area contributed by atoms with Crippen molar-refractivity contribution in [2.75, 3.05) is 18.8 Å². The number of carbonyl (C=O) groups excluding carboxylic acids is 1. The molecule has 0 radical (unpaired) electrons. The first-order chi connectivity index (χ1) is 14.5. The van der Waals surface area contributed by atoms with Gasteiger partial charge in [0.05, 0.1) is 17.9 Å². The third-order valence-electron chi connectivity index (χ3n) is 5.46. The highest BCUT2D eigenvalue weighted by Crippen LogP contribution is 2.34. The summed E-state index contributed by atoms with van der Waals surface area (Å²) in [6, 6.07) is 7.74. The standard InChI is InChI=1S/C22H27N5O2S/c1-4-10-25(11-5-2)19(28)12-16-14-30-22-24-20-17(21(29)26(16)22)13-23-27(20)18-9-7-6-8-15(18)3/h6-9,13,16H,4-5,10-12,14H2,1-3H3. The summed E-state index contributed by atoms with van der Waals surface area (Å²) >= 11 is 1.54. The minimum absolute atomic E-state index is 0.111. The van der Waals surface area contributed by atoms with E-state index in [1.807, 2.05) is 36.1 Å². The van der Waals surface area contributed by atoms with Gasteiger partial charge in [-0.2, -0.15) is 5.10 Å². The number of para-hydroxylation sites is 1. The van der Waals surface area contributed by atoms with Gasteiger partial charge in [-0.3, -0.25) is 14.2 Å². The molecule has 4 rings (SSSR count). The molecule has 158 valence electrons. The number of thioether (sulfide) groups is 1. The quantitative estimate of drug-likeness (QED) is 0.541. The molecule has 1 amide bonds. The average molecular weight is 426 g/mol. The molecule has 0 fully saturated rings. The fraction of sp³-hybridized carbons (Fsp3) is 0.455. The van der Waals surface area contributed by atoms with Gasteiger partial charge in [0.2, 0.25) is 5.91 Å². The predicted octanol–water partition coefficient (Wildman–Crippen LogP) is 3.58. The average Bonchev–Trinajstić information content (AvgIpc) is 3.33. The van der Waals surface area contributed by atoms with Crippen LogP contribution in [0.5, 0.6) is 0 Å². The van der Waals surface area contributed by atoms with Gasteiger partial charge >= 0.3 is 0 Å². The first kappa shape index (κ1) is 20.7. The van der Waals surface area contributed by atoms with Gasteiger partial charge in [-0.1, -0.05) is 43.8 Å². The van der Waals surface area contributed by atoms with E-state index in [0.29, 0.717) is 28.4 Å². The Balaban J connectivity index is 1.69. The second kappa shape index (κ2) is 8.63. The van der Waals surface area contributed by atoms with Crippen LogP contribution in [0.15, 0.2) is 40.4 Å². The van der Waals surface area contributed by atoms with Crippen molar-refractivity contribution in [2.24, 2.45) is 0 Å². The number of hydrogen-bond donors (Lipinski definition) is 0. The minimum atomic E-state index is -0.167. The maximum atomic E-state index is 13.3. The number of nitrogens with zero attached hydrogens (tertiary/aromatic N) is 5. The monoisotopic (exact) mass is 425 g/mol. The Kier molecular flexibility index (Phi) is 5.94. The van der Waals surface area contributed by atoms with Gasteiger partial charge in [0, 0.05) is 25.3 Å². The summed E-state index contributed by atoms with van der Waals surface area (Å²) < 4.78 is 3.43. The largest absolute Gasteiger partial charge is 0.343 e. The topological polar surface area (TPSA) is 73.0 Å². The number of fused-ring (bicyclic) bond motifs is 2. The zero-order valence-electron chi connectivity index (χ0n) is 17.7. The molecule has 1 aromatic carbocycles. The molecular weight excluding hydrogens is 398 g/mol. The Hall–Kier alpha value is -2.61. The van der Waals surface area contributed by atoms with E-state index in [1.165, 1.54) is 11.8 Å². The molecule has 0 spiro atoms. The van der Waals surface area contributed by atoms with Crippen LogP contribution in [0.2, 0.25) is 0 Å². The van der Waals surface area contributed by atoms with Gasteiger partial charge in [-0.25, -0.2) is 9.67 Å². The third-order valence-corrected chi connectivity index (χ3v) is 6.56. The molecule has 1 aliphatic rings. The predicted molar refractivity (Wildman–Crippen MR) is 119 cm³/mol. The first-order valence-corrected chi connectivity index (χ1v) is 11.5. The fourth-order valence-electron chi connectivity index (χ4n) is 3.99. The lowest BCUT2D eigenvalue weighted by atomic mass is 10.2. The number of hydrogen-bond acceptors (Lipinski definition) is 5. The van der Waals surface area contributed by atoms with Crippen molar-refractivity contribution in [1.82, 2.24) is 24.2 Å². The van der Waals surface area contributed by atoms with Gasteiger partial charge in [0.15, 0.2) is 10.8 Å². The minimum Gasteiger partial charge on any atom is -0.343 e. The molecule has 0 bridgehead atoms. The Bertz CT molecular complexity index is 1130. The third kappa shape index (κ3) is 3.64. The van der Waals surface area contributed by atoms with Crippen molar-refractivity contribution < 1.29 is 4.79 Å². The molecule has 3 aromatic rings. The summed E-state index contributed by atoms with van der Waals surface area (Å²) in [5.41, 5.74) is 2.43. The molecule has 2 aromatic heterocycles. The number of amides is 1. The lowest BCUT2D eigenvalue weighted by Gasteiger charge is -2.23. The van der Waals surface area contributed by atoms with E-state index >= 15 is 0 Å². The maximum Gasteiger partial charge on any atom is 0.265 e. The number of aromatic nitrogens is 4. The fourth-order valence-corrected chi connectivity index (χ4v) is 5.12. The van der Waals surface area contributed by atoms with Crippen LogP contribution in [-0.4, -0.2) is 49.0 Å². The van der Waals surface area contributed by atoms with Crippen molar-refractivity contribution in [3.05, 3.63) is 46.4 Å². The molecule has 7 nitrogen and oxygen atoms in total. The Morgan fingerprint density at radius 2 is 1.97 bits per heavy atom. The molecular formula is C22H27N5O2S. The van der Waals surface area contributed by atoms with Crippen molar-refractivity contribution in [3.8, 4) is 5.69 Å². The van der Waals surface area contributed by atoms with Gasteiger partial charge in [-0.05, 0) is 31.4 Å². The van der Waals surface area contributed by atoms with Crippen LogP contribution in [0.25, 0.3) is 16.7 Å². The number of carbonyl (C=O) groups is 1. The van der Waals surface area contributed by atoms with E-state index in [9.17, 15) is 9.59 Å². The number of benzene rings is 1. The molecule has 8 heteroatoms. The SMILES string of the molecule is CCCN(CCC)C(=O)CC1CSc2nc3c(cnn3-c3ccccc3C)c(=O)n21. The van der Waals surface area contributed by atoms with E-state index in [4.69, 9.17) is 4.98 Å². The van der Waals surface area contributed by atoms with Crippen molar-refractivity contribution in [3.63, 3.8) is 0 Å². The maximum absolute atomic E-state index is 13.3. The highest BCUT2D eigenvalue weighted by atomic mass is 32.2. The highest BCUT2D eigenvalue weighted by Gasteiger charge is 2.30. The van der Waals surface area contributed by atoms with E-state index < -0.39 is 0 Å². The van der Waals surface area contributed by atoms with Crippen molar-refractivity contribution in [2.45, 2.75) is 51.2 Å². The van der Waals surface area contributed by atoms with Crippen LogP contribution in [0.4, 0.5) is 0 Å². The number of rotatable bonds is 7. The summed E-state index contributed by atoms with van der Waals surface area (Å²) in [5, 5.41) is 5.60. The zero-order valence-corrected chi connectivity index (χ0v) is 18.5. The van der Waals surface area contributed by atoms with E-state index in [2.05, 4.69) is 18.9 Å². The Morgan fingerprint density at radius 3 is 2.67 bits per heavy atom. The molecule has 3 heterocycles. The Labute approximate surface area is 180 Å². The van der Waals surface area contributed by atoms with E-state index in [0.717, 1.165) is 37.2 Å². The van der Waals surface area contributed by atoms with Crippen molar-refractivity contribution in [1.29, 1.82) is 0 Å². The molecule has 1 atom stereocenters. The summed E-state index contributed by atoms with van der Waals surface area (Å²) in [7, 11) is 0. The van der Waals surface area contributed by atoms with E-state index in [-0.39, 0.29) is 17.5 Å². The van der Waals surface area contributed by atoms with Crippen LogP contribution in [0, 0.1) is 6.92 Å². The summed E-state index contributed by atoms with van der Waals surface area (Å²) in [6.07, 6.45) is 3.79. The van der Waals surface area contributed by atoms with Gasteiger partial charge in [0.1, 0.15) is 5.39 Å². The lowest BCUT2D eigenvalue weighted by Crippen LogP contribution is -2.35. The highest BCUT2D eigenvalue weighted by molar-refractivity contribution is 7.99. The molecule has 1 aliphatic heterocycles. The zero-order chi connectivity index (χ0) is 21.3. The second-order valence-corrected chi connectivity index (χ2v) is 8.69. The Morgan fingerprint density at radius 1 is 1.23 bits per heavy atom. The van der Waals surface area contributed by atoms with Gasteiger partial charge in [-0.15, -0.1) is 0 Å². The van der Waals surface area contributed by atoms with Crippen LogP contribution in [0.3, 0.4) is 0 Å². The molecule has 0 saturated heterocycles. The van der Waals surface area contributed by atoms with E-state index in [1.54, 1.807) is 15.4 Å². The van der Waals surface area contributed by atoms with Crippen LogP contribution in [-0.2, 0) is 4.79 Å². The van der Waals surface area contributed by atoms with Crippen LogP contribution in [0.1, 0.15) is 44.7 Å². The van der Waals surface area contributed by atoms with Gasteiger partial charge in [0.25, 0.3) is 5.56 Å². The summed E-state index contributed by atoms with van der Waals surface area (Å²) in [6.45, 7) is 7.68. The second-order valence-electron chi connectivity index (χ2n) is 7.70. The molecule has 0 saturated carbocycles. The van der Waals surface area contributed by atoms with Crippen LogP contribution >= 0.6 is 11.8 Å². The summed E-state index contributed by atoms with van der Waals surface area (Å²) in [5.74, 6) is 0.796. The molecule has 30 heavy (non-hydrogen) atoms. The number of aryl methyl sites for hydroxylation is 1. The smallest absolute Gasteiger partial charge is 0.265 e. The molecule has 0 aliphatic carbocycles. The van der Waals surface area contributed by atoms with Crippen molar-refractivity contribution >= 4 is 28.7 Å². The molecule has 0 N–H and O–H groups in total. The first-order valence-electron chi connectivity index (χ1n) is 10.5. The normalized spacial score (nSPS) is 15.5. The van der Waals surface area contributed by atoms with Crippen LogP contribution < -0.4 is 5.56 Å². The molecule has 1 unspecified atom stereocenters. The lowest BCUT2D eigenvalue weighted by molar-refractivity contribution is -0.132. The summed E-state index contributed by atoms with van der Waals surface area (Å²) in [4.78, 5) is 32.8.